The Morgan fingerprint density at radius 2 is 1.85 bits per heavy atom. The van der Waals surface area contributed by atoms with Crippen molar-refractivity contribution in [1.29, 1.82) is 0 Å². The van der Waals surface area contributed by atoms with Gasteiger partial charge in [-0.15, -0.1) is 11.3 Å². The molecule has 0 atom stereocenters. The predicted molar refractivity (Wildman–Crippen MR) is 78.1 cm³/mol. The number of carboxylic acid groups (broad SMARTS) is 1. The zero-order valence-corrected chi connectivity index (χ0v) is 12.6. The summed E-state index contributed by atoms with van der Waals surface area (Å²) in [6.45, 7) is 6.84. The third kappa shape index (κ3) is 3.39. The number of thiophene rings is 1. The van der Waals surface area contributed by atoms with Crippen LogP contribution >= 0.6 is 11.3 Å². The monoisotopic (exact) mass is 289 g/mol. The molecule has 0 radical (unpaired) electrons. The summed E-state index contributed by atoms with van der Waals surface area (Å²) in [7, 11) is 0. The Morgan fingerprint density at radius 3 is 2.40 bits per heavy atom. The Balaban J connectivity index is 2.04. The van der Waals surface area contributed by atoms with Crippen LogP contribution in [0.1, 0.15) is 41.6 Å². The minimum atomic E-state index is -1.20. The van der Waals surface area contributed by atoms with Crippen LogP contribution in [0.4, 0.5) is 0 Å². The van der Waals surface area contributed by atoms with Gasteiger partial charge in [-0.1, -0.05) is 45.0 Å². The first-order valence-electron chi connectivity index (χ1n) is 6.39. The molecule has 0 amide bonds. The van der Waals surface area contributed by atoms with Crippen LogP contribution in [0.3, 0.4) is 0 Å². The molecule has 0 unspecified atom stereocenters. The van der Waals surface area contributed by atoms with Gasteiger partial charge < -0.3 is 14.6 Å². The highest BCUT2D eigenvalue weighted by molar-refractivity contribution is 7.12. The lowest BCUT2D eigenvalue weighted by molar-refractivity contribution is -0.254. The van der Waals surface area contributed by atoms with Crippen molar-refractivity contribution in [2.45, 2.75) is 32.8 Å². The summed E-state index contributed by atoms with van der Waals surface area (Å²) in [5, 5.41) is 12.6. The molecule has 0 bridgehead atoms. The van der Waals surface area contributed by atoms with E-state index in [1.165, 1.54) is 5.56 Å². The number of carboxylic acids is 1. The molecule has 0 aliphatic rings. The fourth-order valence-corrected chi connectivity index (χ4v) is 2.49. The molecular formula is C16H17O3S-. The van der Waals surface area contributed by atoms with Crippen molar-refractivity contribution in [3.63, 3.8) is 0 Å². The molecule has 1 heterocycles. The molecular weight excluding hydrogens is 272 g/mol. The van der Waals surface area contributed by atoms with Gasteiger partial charge in [0.05, 0.1) is 10.8 Å². The van der Waals surface area contributed by atoms with E-state index in [4.69, 9.17) is 4.74 Å². The van der Waals surface area contributed by atoms with E-state index in [1.807, 2.05) is 12.1 Å². The van der Waals surface area contributed by atoms with Crippen molar-refractivity contribution >= 4 is 17.3 Å². The smallest absolute Gasteiger partial charge is 0.139 e. The van der Waals surface area contributed by atoms with Crippen molar-refractivity contribution in [3.05, 3.63) is 51.7 Å². The van der Waals surface area contributed by atoms with Crippen LogP contribution in [0.5, 0.6) is 5.75 Å². The summed E-state index contributed by atoms with van der Waals surface area (Å²) >= 11 is 1.11. The lowest BCUT2D eigenvalue weighted by Gasteiger charge is -2.19. The van der Waals surface area contributed by atoms with E-state index in [0.717, 1.165) is 16.9 Å². The van der Waals surface area contributed by atoms with Crippen LogP contribution in [-0.4, -0.2) is 5.97 Å². The van der Waals surface area contributed by atoms with Crippen molar-refractivity contribution in [2.75, 3.05) is 0 Å². The summed E-state index contributed by atoms with van der Waals surface area (Å²) in [5.41, 5.74) is 2.38. The molecule has 1 aromatic carbocycles. The fourth-order valence-electron chi connectivity index (χ4n) is 1.82. The Morgan fingerprint density at radius 1 is 1.20 bits per heavy atom. The Bertz CT molecular complexity index is 591. The number of carbonyl (C=O) groups is 1. The predicted octanol–water partition coefficient (Wildman–Crippen LogP) is 2.99. The fraction of sp³-hybridized carbons (Fsp3) is 0.312. The maximum atomic E-state index is 10.9. The zero-order chi connectivity index (χ0) is 14.8. The van der Waals surface area contributed by atoms with Gasteiger partial charge in [-0.25, -0.2) is 0 Å². The van der Waals surface area contributed by atoms with Crippen LogP contribution in [0, 0.1) is 0 Å². The summed E-state index contributed by atoms with van der Waals surface area (Å²) < 4.78 is 5.54. The molecule has 0 aliphatic carbocycles. The maximum Gasteiger partial charge on any atom is 0.139 e. The number of benzene rings is 1. The highest BCUT2D eigenvalue weighted by Crippen LogP contribution is 2.26. The number of aromatic carboxylic acids is 1. The Kier molecular flexibility index (Phi) is 4.14. The third-order valence-electron chi connectivity index (χ3n) is 3.03. The maximum absolute atomic E-state index is 10.9. The van der Waals surface area contributed by atoms with Crippen LogP contribution in [0.15, 0.2) is 35.7 Å². The molecule has 0 N–H and O–H groups in total. The van der Waals surface area contributed by atoms with Crippen LogP contribution in [0.2, 0.25) is 0 Å². The zero-order valence-electron chi connectivity index (χ0n) is 11.8. The second kappa shape index (κ2) is 5.67. The number of rotatable bonds is 4. The lowest BCUT2D eigenvalue weighted by atomic mass is 9.87. The van der Waals surface area contributed by atoms with Gasteiger partial charge in [0.15, 0.2) is 0 Å². The minimum Gasteiger partial charge on any atom is -0.544 e. The summed E-state index contributed by atoms with van der Waals surface area (Å²) in [4.78, 5) is 11.0. The summed E-state index contributed by atoms with van der Waals surface area (Å²) in [5.74, 6) is -0.826. The third-order valence-corrected chi connectivity index (χ3v) is 3.90. The summed E-state index contributed by atoms with van der Waals surface area (Å²) in [6, 6.07) is 9.81. The van der Waals surface area contributed by atoms with Crippen molar-refractivity contribution in [1.82, 2.24) is 0 Å². The minimum absolute atomic E-state index is 0.120. The van der Waals surface area contributed by atoms with Crippen LogP contribution < -0.4 is 9.84 Å². The highest BCUT2D eigenvalue weighted by Gasteiger charge is 2.13. The lowest BCUT2D eigenvalue weighted by Crippen LogP contribution is -2.21. The average Bonchev–Trinajstić information content (AvgIpc) is 2.84. The molecule has 3 nitrogen and oxygen atoms in total. The molecule has 2 aromatic rings. The Labute approximate surface area is 122 Å². The van der Waals surface area contributed by atoms with E-state index >= 15 is 0 Å². The van der Waals surface area contributed by atoms with Gasteiger partial charge in [0.2, 0.25) is 0 Å². The van der Waals surface area contributed by atoms with Crippen molar-refractivity contribution in [2.24, 2.45) is 0 Å². The van der Waals surface area contributed by atoms with Gasteiger partial charge in [0.1, 0.15) is 12.4 Å². The Hall–Kier alpha value is -1.81. The van der Waals surface area contributed by atoms with Gasteiger partial charge in [0, 0.05) is 0 Å². The molecule has 106 valence electrons. The first-order chi connectivity index (χ1) is 9.38. The molecule has 0 spiro atoms. The standard InChI is InChI=1S/C16H18O3S/c1-16(2,3)12-6-4-11(5-7-12)10-19-13-8-9-20-14(13)15(17)18/h4-9H,10H2,1-3H3,(H,17,18)/p-1. The highest BCUT2D eigenvalue weighted by atomic mass is 32.1. The van der Waals surface area contributed by atoms with Crippen molar-refractivity contribution in [3.8, 4) is 5.75 Å². The molecule has 20 heavy (non-hydrogen) atoms. The van der Waals surface area contributed by atoms with E-state index in [9.17, 15) is 9.90 Å². The van der Waals surface area contributed by atoms with Crippen LogP contribution in [0.25, 0.3) is 0 Å². The number of carbonyl (C=O) groups excluding carboxylic acids is 1. The second-order valence-electron chi connectivity index (χ2n) is 5.64. The normalized spacial score (nSPS) is 11.3. The first kappa shape index (κ1) is 14.6. The first-order valence-corrected chi connectivity index (χ1v) is 7.27. The molecule has 0 fully saturated rings. The summed E-state index contributed by atoms with van der Waals surface area (Å²) in [6.07, 6.45) is 0. The van der Waals surface area contributed by atoms with Gasteiger partial charge in [0.25, 0.3) is 0 Å². The molecule has 2 rings (SSSR count). The quantitative estimate of drug-likeness (QED) is 0.869. The molecule has 0 saturated carbocycles. The second-order valence-corrected chi connectivity index (χ2v) is 6.55. The van der Waals surface area contributed by atoms with Gasteiger partial charge in [-0.2, -0.15) is 0 Å². The number of ether oxygens (including phenoxy) is 1. The molecule has 4 heteroatoms. The largest absolute Gasteiger partial charge is 0.544 e. The van der Waals surface area contributed by atoms with Crippen LogP contribution in [-0.2, 0) is 12.0 Å². The van der Waals surface area contributed by atoms with Gasteiger partial charge in [-0.3, -0.25) is 0 Å². The number of hydrogen-bond donors (Lipinski definition) is 0. The van der Waals surface area contributed by atoms with Gasteiger partial charge >= 0.3 is 0 Å². The van der Waals surface area contributed by atoms with E-state index in [0.29, 0.717) is 12.4 Å². The van der Waals surface area contributed by atoms with Crippen molar-refractivity contribution < 1.29 is 14.6 Å². The van der Waals surface area contributed by atoms with Gasteiger partial charge in [-0.05, 0) is 28.0 Å². The molecule has 0 saturated heterocycles. The topological polar surface area (TPSA) is 49.4 Å². The van der Waals surface area contributed by atoms with E-state index < -0.39 is 5.97 Å². The molecule has 1 aromatic heterocycles. The van der Waals surface area contributed by atoms with E-state index in [2.05, 4.69) is 32.9 Å². The van der Waals surface area contributed by atoms with E-state index in [-0.39, 0.29) is 10.3 Å². The number of hydrogen-bond acceptors (Lipinski definition) is 4. The average molecular weight is 289 g/mol. The molecule has 0 aliphatic heterocycles. The SMILES string of the molecule is CC(C)(C)c1ccc(COc2ccsc2C(=O)[O-])cc1. The van der Waals surface area contributed by atoms with E-state index in [1.54, 1.807) is 11.4 Å².